The predicted octanol–water partition coefficient (Wildman–Crippen LogP) is 4.58. The number of nitrogens with one attached hydrogen (secondary N) is 2. The first-order valence-corrected chi connectivity index (χ1v) is 10.2. The van der Waals surface area contributed by atoms with Gasteiger partial charge >= 0.3 is 0 Å². The Labute approximate surface area is 173 Å². The number of hydrogen-bond donors (Lipinski definition) is 2. The van der Waals surface area contributed by atoms with Crippen LogP contribution in [0.2, 0.25) is 5.02 Å². The van der Waals surface area contributed by atoms with Gasteiger partial charge in [0.25, 0.3) is 11.8 Å². The highest BCUT2D eigenvalue weighted by molar-refractivity contribution is 8.04. The standard InChI is InChI=1S/C21H21ClN2O3S/c1-2-27-11-5-10-23-20(25)15-8-9-18-17(12-15)24-21(26)19(28-18)13-14-6-3-4-7-16(14)22/h3-4,6-9,12-13H,2,5,10-11H2,1H3,(H,23,25)(H,24,26). The lowest BCUT2D eigenvalue weighted by Crippen LogP contribution is -2.26. The molecule has 0 radical (unpaired) electrons. The van der Waals surface area contributed by atoms with E-state index in [1.807, 2.05) is 31.2 Å². The molecule has 2 aromatic carbocycles. The van der Waals surface area contributed by atoms with Gasteiger partial charge in [0.1, 0.15) is 0 Å². The molecule has 146 valence electrons. The third-order valence-electron chi connectivity index (χ3n) is 4.08. The fourth-order valence-corrected chi connectivity index (χ4v) is 3.77. The van der Waals surface area contributed by atoms with Gasteiger partial charge in [-0.15, -0.1) is 0 Å². The summed E-state index contributed by atoms with van der Waals surface area (Å²) in [7, 11) is 0. The van der Waals surface area contributed by atoms with Crippen LogP contribution in [0.5, 0.6) is 0 Å². The minimum atomic E-state index is -0.216. The van der Waals surface area contributed by atoms with Gasteiger partial charge < -0.3 is 15.4 Å². The molecule has 3 rings (SSSR count). The molecule has 0 saturated heterocycles. The Kier molecular flexibility index (Phi) is 7.14. The molecule has 7 heteroatoms. The van der Waals surface area contributed by atoms with Crippen molar-refractivity contribution in [3.8, 4) is 0 Å². The summed E-state index contributed by atoms with van der Waals surface area (Å²) in [6.45, 7) is 3.77. The van der Waals surface area contributed by atoms with Crippen molar-refractivity contribution in [1.29, 1.82) is 0 Å². The number of thioether (sulfide) groups is 1. The van der Waals surface area contributed by atoms with Gasteiger partial charge in [-0.1, -0.05) is 41.6 Å². The van der Waals surface area contributed by atoms with Crippen LogP contribution < -0.4 is 10.6 Å². The van der Waals surface area contributed by atoms with Crippen LogP contribution in [0, 0.1) is 0 Å². The third kappa shape index (κ3) is 5.16. The van der Waals surface area contributed by atoms with Crippen molar-refractivity contribution in [2.45, 2.75) is 18.2 Å². The fraction of sp³-hybridized carbons (Fsp3) is 0.238. The van der Waals surface area contributed by atoms with E-state index in [1.54, 1.807) is 24.3 Å². The topological polar surface area (TPSA) is 67.4 Å². The average Bonchev–Trinajstić information content (AvgIpc) is 2.69. The van der Waals surface area contributed by atoms with E-state index < -0.39 is 0 Å². The van der Waals surface area contributed by atoms with Gasteiger partial charge in [0, 0.05) is 35.2 Å². The number of ether oxygens (including phenoxy) is 1. The number of hydrogen-bond acceptors (Lipinski definition) is 4. The summed E-state index contributed by atoms with van der Waals surface area (Å²) in [6.07, 6.45) is 2.53. The molecular formula is C21H21ClN2O3S. The molecule has 1 aliphatic rings. The highest BCUT2D eigenvalue weighted by Gasteiger charge is 2.22. The second-order valence-corrected chi connectivity index (χ2v) is 7.59. The van der Waals surface area contributed by atoms with E-state index in [-0.39, 0.29) is 11.8 Å². The monoisotopic (exact) mass is 416 g/mol. The number of benzene rings is 2. The van der Waals surface area contributed by atoms with Gasteiger partial charge in [-0.05, 0) is 49.2 Å². The van der Waals surface area contributed by atoms with E-state index in [2.05, 4.69) is 10.6 Å². The Bertz CT molecular complexity index is 914. The fourth-order valence-electron chi connectivity index (χ4n) is 2.66. The lowest BCUT2D eigenvalue weighted by atomic mass is 10.1. The molecule has 0 atom stereocenters. The smallest absolute Gasteiger partial charge is 0.262 e. The molecule has 0 fully saturated rings. The Balaban J connectivity index is 1.69. The highest BCUT2D eigenvalue weighted by Crippen LogP contribution is 2.39. The van der Waals surface area contributed by atoms with Crippen molar-refractivity contribution in [2.75, 3.05) is 25.1 Å². The van der Waals surface area contributed by atoms with Crippen molar-refractivity contribution in [3.05, 3.63) is 63.5 Å². The number of fused-ring (bicyclic) bond motifs is 1. The zero-order valence-electron chi connectivity index (χ0n) is 15.5. The van der Waals surface area contributed by atoms with Gasteiger partial charge in [-0.25, -0.2) is 0 Å². The van der Waals surface area contributed by atoms with Crippen molar-refractivity contribution < 1.29 is 14.3 Å². The molecule has 0 spiro atoms. The molecule has 0 saturated carbocycles. The van der Waals surface area contributed by atoms with Crippen LogP contribution in [0.15, 0.2) is 52.3 Å². The summed E-state index contributed by atoms with van der Waals surface area (Å²) in [5.74, 6) is -0.386. The first-order valence-electron chi connectivity index (χ1n) is 9.04. The van der Waals surface area contributed by atoms with E-state index in [0.29, 0.717) is 40.9 Å². The molecule has 0 aliphatic carbocycles. The summed E-state index contributed by atoms with van der Waals surface area (Å²) in [6, 6.07) is 12.7. The lowest BCUT2D eigenvalue weighted by molar-refractivity contribution is -0.112. The number of halogens is 1. The quantitative estimate of drug-likeness (QED) is 0.512. The SMILES string of the molecule is CCOCCCNC(=O)c1ccc2c(c1)NC(=O)C(=Cc1ccccc1Cl)S2. The van der Waals surface area contributed by atoms with Crippen molar-refractivity contribution >= 4 is 46.9 Å². The van der Waals surface area contributed by atoms with Crippen molar-refractivity contribution in [3.63, 3.8) is 0 Å². The maximum absolute atomic E-state index is 12.5. The zero-order valence-corrected chi connectivity index (χ0v) is 17.0. The van der Waals surface area contributed by atoms with E-state index in [1.165, 1.54) is 11.8 Å². The zero-order chi connectivity index (χ0) is 19.9. The molecule has 28 heavy (non-hydrogen) atoms. The van der Waals surface area contributed by atoms with Crippen LogP contribution in [0.3, 0.4) is 0 Å². The number of amides is 2. The van der Waals surface area contributed by atoms with Gasteiger partial charge in [-0.2, -0.15) is 0 Å². The molecule has 1 aliphatic heterocycles. The van der Waals surface area contributed by atoms with E-state index in [9.17, 15) is 9.59 Å². The summed E-state index contributed by atoms with van der Waals surface area (Å²) in [5.41, 5.74) is 1.93. The largest absolute Gasteiger partial charge is 0.382 e. The minimum Gasteiger partial charge on any atom is -0.382 e. The average molecular weight is 417 g/mol. The van der Waals surface area contributed by atoms with E-state index in [0.717, 1.165) is 16.9 Å². The van der Waals surface area contributed by atoms with Crippen LogP contribution in [-0.4, -0.2) is 31.6 Å². The van der Waals surface area contributed by atoms with Gasteiger partial charge in [0.15, 0.2) is 0 Å². The second kappa shape index (κ2) is 9.78. The maximum atomic E-state index is 12.5. The number of carbonyl (C=O) groups excluding carboxylic acids is 2. The van der Waals surface area contributed by atoms with Crippen LogP contribution >= 0.6 is 23.4 Å². The minimum absolute atomic E-state index is 0.170. The predicted molar refractivity (Wildman–Crippen MR) is 114 cm³/mol. The summed E-state index contributed by atoms with van der Waals surface area (Å²) >= 11 is 7.54. The van der Waals surface area contributed by atoms with Gasteiger partial charge in [0.2, 0.25) is 0 Å². The molecule has 5 nitrogen and oxygen atoms in total. The summed E-state index contributed by atoms with van der Waals surface area (Å²) in [4.78, 5) is 26.2. The first-order chi connectivity index (χ1) is 13.6. The third-order valence-corrected chi connectivity index (χ3v) is 5.52. The van der Waals surface area contributed by atoms with Crippen LogP contribution in [0.4, 0.5) is 5.69 Å². The summed E-state index contributed by atoms with van der Waals surface area (Å²) in [5, 5.41) is 6.31. The Morgan fingerprint density at radius 3 is 2.89 bits per heavy atom. The molecule has 2 amide bonds. The number of carbonyl (C=O) groups is 2. The van der Waals surface area contributed by atoms with Crippen LogP contribution in [0.25, 0.3) is 6.08 Å². The van der Waals surface area contributed by atoms with Crippen molar-refractivity contribution in [1.82, 2.24) is 5.32 Å². The second-order valence-electron chi connectivity index (χ2n) is 6.10. The van der Waals surface area contributed by atoms with Crippen LogP contribution in [0.1, 0.15) is 29.3 Å². The Hall–Kier alpha value is -2.28. The van der Waals surface area contributed by atoms with Gasteiger partial charge in [0.05, 0.1) is 10.6 Å². The lowest BCUT2D eigenvalue weighted by Gasteiger charge is -2.19. The molecule has 0 bridgehead atoms. The molecule has 0 unspecified atom stereocenters. The first kappa shape index (κ1) is 20.5. The molecule has 2 aromatic rings. The Morgan fingerprint density at radius 2 is 2.11 bits per heavy atom. The molecule has 0 aromatic heterocycles. The van der Waals surface area contributed by atoms with Crippen LogP contribution in [-0.2, 0) is 9.53 Å². The van der Waals surface area contributed by atoms with Gasteiger partial charge in [-0.3, -0.25) is 9.59 Å². The van der Waals surface area contributed by atoms with E-state index >= 15 is 0 Å². The molecular weight excluding hydrogens is 396 g/mol. The highest BCUT2D eigenvalue weighted by atomic mass is 35.5. The normalized spacial score (nSPS) is 14.5. The number of rotatable bonds is 7. The molecule has 2 N–H and O–H groups in total. The maximum Gasteiger partial charge on any atom is 0.262 e. The Morgan fingerprint density at radius 1 is 1.29 bits per heavy atom. The summed E-state index contributed by atoms with van der Waals surface area (Å²) < 4.78 is 5.25. The molecule has 1 heterocycles. The van der Waals surface area contributed by atoms with E-state index in [4.69, 9.17) is 16.3 Å². The number of anilines is 1. The van der Waals surface area contributed by atoms with Crippen molar-refractivity contribution in [2.24, 2.45) is 0 Å².